The second-order valence-electron chi connectivity index (χ2n) is 11.1. The summed E-state index contributed by atoms with van der Waals surface area (Å²) in [5.74, 6) is 2.11. The van der Waals surface area contributed by atoms with Crippen molar-refractivity contribution >= 4 is 68.0 Å². The van der Waals surface area contributed by atoms with E-state index in [1.807, 2.05) is 109 Å². The minimum atomic E-state index is -0.942. The predicted molar refractivity (Wildman–Crippen MR) is 196 cm³/mol. The van der Waals surface area contributed by atoms with E-state index in [1.165, 1.54) is 5.56 Å². The van der Waals surface area contributed by atoms with Gasteiger partial charge in [-0.1, -0.05) is 108 Å². The van der Waals surface area contributed by atoms with E-state index in [0.29, 0.717) is 13.1 Å². The number of aryl methyl sites for hydroxylation is 2. The first-order chi connectivity index (χ1) is 21.4. The van der Waals surface area contributed by atoms with Crippen LogP contribution in [0.4, 0.5) is 11.4 Å². The summed E-state index contributed by atoms with van der Waals surface area (Å²) in [6.07, 6.45) is 0. The summed E-state index contributed by atoms with van der Waals surface area (Å²) in [6.45, 7) is 6.69. The molecule has 3 aliphatic rings. The van der Waals surface area contributed by atoms with Crippen molar-refractivity contribution in [2.75, 3.05) is 47.5 Å². The van der Waals surface area contributed by atoms with Gasteiger partial charge in [-0.05, 0) is 49.9 Å². The number of anilines is 2. The molecule has 10 heteroatoms. The predicted octanol–water partition coefficient (Wildman–Crippen LogP) is 4.14. The molecule has 0 amide bonds. The van der Waals surface area contributed by atoms with Gasteiger partial charge in [0.2, 0.25) is 0 Å². The third-order valence-corrected chi connectivity index (χ3v) is 10.0. The number of rotatable bonds is 6. The van der Waals surface area contributed by atoms with Crippen LogP contribution in [0.15, 0.2) is 114 Å². The van der Waals surface area contributed by atoms with Gasteiger partial charge in [-0.25, -0.2) is 9.48 Å². The number of β-amino-alcohol motifs (C(OH)–C–C–N with tert-alkyl or cyclic N) is 1. The average Bonchev–Trinajstić information content (AvgIpc) is 3.82. The summed E-state index contributed by atoms with van der Waals surface area (Å²) in [4.78, 5) is 21.4. The summed E-state index contributed by atoms with van der Waals surface area (Å²) in [6, 6.07) is 36.3. The van der Waals surface area contributed by atoms with Gasteiger partial charge >= 0.3 is 5.17 Å². The van der Waals surface area contributed by atoms with Crippen LogP contribution in [0.25, 0.3) is 0 Å². The van der Waals surface area contributed by atoms with Crippen LogP contribution in [0.3, 0.4) is 0 Å². The number of aliphatic imine (C=N–C) groups is 1. The molecule has 3 heterocycles. The first kappa shape index (κ1) is 36.0. The number of nitrogens with zero attached hydrogens (tertiary/aromatic N) is 4. The maximum Gasteiger partial charge on any atom is 0.316 e. The number of hydrogen-bond acceptors (Lipinski definition) is 7. The highest BCUT2D eigenvalue weighted by molar-refractivity contribution is 8.93. The van der Waals surface area contributed by atoms with Gasteiger partial charge in [0.05, 0.1) is 19.6 Å². The molecule has 0 saturated heterocycles. The number of amidine groups is 2. The molecule has 1 atom stereocenters. The van der Waals surface area contributed by atoms with Gasteiger partial charge in [-0.2, -0.15) is 0 Å². The van der Waals surface area contributed by atoms with E-state index in [0.717, 1.165) is 63.0 Å². The summed E-state index contributed by atoms with van der Waals surface area (Å²) in [5, 5.41) is 13.5. The first-order valence-electron chi connectivity index (χ1n) is 14.9. The van der Waals surface area contributed by atoms with Crippen molar-refractivity contribution in [3.05, 3.63) is 131 Å². The molecule has 3 aliphatic heterocycles. The lowest BCUT2D eigenvalue weighted by molar-refractivity contribution is -0.650. The maximum atomic E-state index is 12.6. The smallest absolute Gasteiger partial charge is 0.316 e. The number of carbonyl (C=O) groups is 1. The molecule has 1 N–H and O–H groups in total. The zero-order valence-electron chi connectivity index (χ0n) is 25.9. The highest BCUT2D eigenvalue weighted by Crippen LogP contribution is 2.38. The van der Waals surface area contributed by atoms with Crippen molar-refractivity contribution in [1.29, 1.82) is 0 Å². The lowest BCUT2D eigenvalue weighted by atomic mass is 10.0. The third-order valence-electron chi connectivity index (χ3n) is 7.96. The molecule has 6 nitrogen and oxygen atoms in total. The number of thioether (sulfide) groups is 2. The van der Waals surface area contributed by atoms with Crippen LogP contribution in [0, 0.1) is 13.8 Å². The van der Waals surface area contributed by atoms with Gasteiger partial charge in [0.1, 0.15) is 5.69 Å². The fourth-order valence-electron chi connectivity index (χ4n) is 5.56. The van der Waals surface area contributed by atoms with E-state index in [9.17, 15) is 9.90 Å². The van der Waals surface area contributed by atoms with Crippen LogP contribution in [-0.2, 0) is 5.72 Å². The number of ketones is 1. The van der Waals surface area contributed by atoms with Crippen LogP contribution >= 0.6 is 40.5 Å². The fourth-order valence-corrected chi connectivity index (χ4v) is 7.61. The average molecular weight is 783 g/mol. The van der Waals surface area contributed by atoms with E-state index in [2.05, 4.69) is 45.7 Å². The highest BCUT2D eigenvalue weighted by atomic mass is 79.9. The molecule has 46 heavy (non-hydrogen) atoms. The Hall–Kier alpha value is -2.89. The number of carbonyl (C=O) groups excluding carboxylic acids is 1. The van der Waals surface area contributed by atoms with E-state index < -0.39 is 5.72 Å². The van der Waals surface area contributed by atoms with Crippen molar-refractivity contribution in [1.82, 2.24) is 0 Å². The van der Waals surface area contributed by atoms with Crippen LogP contribution in [0.2, 0.25) is 0 Å². The number of hydrogen-bond donors (Lipinski definition) is 1. The van der Waals surface area contributed by atoms with Gasteiger partial charge < -0.3 is 27.0 Å². The largest absolute Gasteiger partial charge is 1.00 e. The fraction of sp³-hybridized carbons (Fsp3) is 0.250. The summed E-state index contributed by atoms with van der Waals surface area (Å²) in [7, 11) is 0. The number of halogens is 2. The second-order valence-corrected chi connectivity index (χ2v) is 13.2. The van der Waals surface area contributed by atoms with Crippen LogP contribution in [0.1, 0.15) is 27.0 Å². The van der Waals surface area contributed by atoms with Crippen molar-refractivity contribution in [2.45, 2.75) is 19.6 Å². The maximum absolute atomic E-state index is 12.6. The molecule has 0 spiro atoms. The quantitative estimate of drug-likeness (QED) is 0.235. The van der Waals surface area contributed by atoms with Gasteiger partial charge in [0.15, 0.2) is 17.5 Å². The van der Waals surface area contributed by atoms with E-state index in [-0.39, 0.29) is 39.7 Å². The number of Topliss-reactive ketones (excluding diaryl/α,β-unsaturated/α-hetero) is 1. The molecule has 1 unspecified atom stereocenters. The van der Waals surface area contributed by atoms with Crippen LogP contribution < -0.4 is 26.8 Å². The van der Waals surface area contributed by atoms with Crippen molar-refractivity contribution in [3.63, 3.8) is 0 Å². The normalized spacial score (nSPS) is 18.1. The summed E-state index contributed by atoms with van der Waals surface area (Å²) < 4.78 is 2.15. The van der Waals surface area contributed by atoms with Crippen molar-refractivity contribution in [2.24, 2.45) is 4.99 Å². The minimum Gasteiger partial charge on any atom is -1.00 e. The van der Waals surface area contributed by atoms with Gasteiger partial charge in [-0.15, -0.1) is 17.0 Å². The lowest BCUT2D eigenvalue weighted by Gasteiger charge is -2.23. The standard InChI is InChI=1S/C18H19N2OS.C18H18N2OS.2BrH/c1-14-7-9-15(10-8-14)18(21)13-19(16-5-3-2-4-6-16)17-20(18)11-12-22-17;1-14-7-9-15(10-8-14)17(21)13-20(18-19-11-12-22-18)16-5-3-2-4-6-16;;/h2-10,21H,11-13H2,1H3;2-10H,11-13H2,1H3;2*1H/q+1;;;/p-1. The van der Waals surface area contributed by atoms with Crippen LogP contribution in [0.5, 0.6) is 0 Å². The molecule has 0 aliphatic carbocycles. The Bertz CT molecular complexity index is 1670. The molecule has 4 aromatic rings. The zero-order chi connectivity index (χ0) is 30.5. The number of para-hydroxylation sites is 2. The Morgan fingerprint density at radius 2 is 1.48 bits per heavy atom. The number of aliphatic hydroxyl groups is 1. The van der Waals surface area contributed by atoms with Crippen molar-refractivity contribution in [3.8, 4) is 0 Å². The third kappa shape index (κ3) is 7.97. The van der Waals surface area contributed by atoms with E-state index in [4.69, 9.17) is 0 Å². The Labute approximate surface area is 301 Å². The summed E-state index contributed by atoms with van der Waals surface area (Å²) >= 11 is 3.53. The SMILES string of the molecule is Br.Cc1ccc(C(=O)CN(C2=NCCS2)c2ccccc2)cc1.Cc1ccc(C2(O)CN(c3ccccc3)C3=[N+]2CCS3)cc1.[Br-]. The molecule has 7 rings (SSSR count). The lowest BCUT2D eigenvalue weighted by Crippen LogP contribution is -3.00. The molecule has 0 aromatic heterocycles. The molecule has 4 aromatic carbocycles. The Balaban J connectivity index is 0.000000200. The Kier molecular flexibility index (Phi) is 12.7. The molecular formula is C36H38Br2N4O2S2. The monoisotopic (exact) mass is 780 g/mol. The minimum absolute atomic E-state index is 0. The Morgan fingerprint density at radius 3 is 2.09 bits per heavy atom. The highest BCUT2D eigenvalue weighted by Gasteiger charge is 2.54. The molecule has 0 bridgehead atoms. The van der Waals surface area contributed by atoms with E-state index in [1.54, 1.807) is 11.8 Å². The van der Waals surface area contributed by atoms with Crippen LogP contribution in [-0.4, -0.2) is 63.5 Å². The number of benzene rings is 4. The Morgan fingerprint density at radius 1 is 0.870 bits per heavy atom. The van der Waals surface area contributed by atoms with Crippen molar-refractivity contribution < 1.29 is 31.5 Å². The molecule has 0 fully saturated rings. The van der Waals surface area contributed by atoms with Gasteiger partial charge in [-0.3, -0.25) is 9.79 Å². The second kappa shape index (κ2) is 16.3. The van der Waals surface area contributed by atoms with E-state index >= 15 is 0 Å². The molecule has 240 valence electrons. The molecule has 0 saturated carbocycles. The summed E-state index contributed by atoms with van der Waals surface area (Å²) in [5.41, 5.74) is 5.29. The zero-order valence-corrected chi connectivity index (χ0v) is 30.8. The molecular weight excluding hydrogens is 744 g/mol. The van der Waals surface area contributed by atoms with Gasteiger partial charge in [0.25, 0.3) is 5.72 Å². The molecule has 0 radical (unpaired) electrons. The van der Waals surface area contributed by atoms with Gasteiger partial charge in [0, 0.05) is 28.3 Å². The first-order valence-corrected chi connectivity index (χ1v) is 16.9. The topological polar surface area (TPSA) is 59.2 Å².